The lowest BCUT2D eigenvalue weighted by molar-refractivity contribution is 0.306. The molecule has 3 aromatic rings. The van der Waals surface area contributed by atoms with Crippen molar-refractivity contribution in [1.29, 1.82) is 5.26 Å². The summed E-state index contributed by atoms with van der Waals surface area (Å²) in [5.41, 5.74) is 3.37. The van der Waals surface area contributed by atoms with Gasteiger partial charge in [-0.2, -0.15) is 13.9 Å². The van der Waals surface area contributed by atoms with Crippen LogP contribution in [0, 0.1) is 25.2 Å². The molecule has 1 atom stereocenters. The highest BCUT2D eigenvalue weighted by atomic mass is 32.2. The van der Waals surface area contributed by atoms with Gasteiger partial charge in [-0.1, -0.05) is 35.9 Å². The number of sulfonamides is 1. The molecule has 1 aliphatic rings. The molecule has 1 aromatic heterocycles. The number of piperazine rings is 1. The first kappa shape index (κ1) is 22.4. The van der Waals surface area contributed by atoms with Crippen molar-refractivity contribution in [3.8, 4) is 6.07 Å². The maximum atomic E-state index is 13.3. The van der Waals surface area contributed by atoms with Crippen molar-refractivity contribution in [2.45, 2.75) is 38.1 Å². The molecule has 1 saturated heterocycles. The standard InChI is InChI=1S/C23H25N5O2S2/c1-16-4-7-19(8-5-16)13-22-25-23(31-26-22)27-10-11-28(18(3)15-27)32(29,30)21-12-17(2)6-9-20(21)14-24/h4-9,12,18H,10-11,13,15H2,1-3H3. The fraction of sp³-hybridized carbons (Fsp3) is 0.348. The predicted molar refractivity (Wildman–Crippen MR) is 125 cm³/mol. The van der Waals surface area contributed by atoms with Gasteiger partial charge in [0.15, 0.2) is 0 Å². The van der Waals surface area contributed by atoms with Gasteiger partial charge in [0.1, 0.15) is 16.8 Å². The Morgan fingerprint density at radius 1 is 1.12 bits per heavy atom. The number of aryl methyl sites for hydroxylation is 2. The molecule has 0 aliphatic carbocycles. The number of hydrogen-bond acceptors (Lipinski definition) is 7. The van der Waals surface area contributed by atoms with Gasteiger partial charge >= 0.3 is 0 Å². The number of hydrogen-bond donors (Lipinski definition) is 0. The van der Waals surface area contributed by atoms with Crippen LogP contribution in [0.4, 0.5) is 5.13 Å². The van der Waals surface area contributed by atoms with Crippen LogP contribution in [-0.2, 0) is 16.4 Å². The molecule has 2 heterocycles. The summed E-state index contributed by atoms with van der Waals surface area (Å²) in [7, 11) is -3.77. The van der Waals surface area contributed by atoms with Crippen molar-refractivity contribution in [3.63, 3.8) is 0 Å². The van der Waals surface area contributed by atoms with Gasteiger partial charge in [-0.15, -0.1) is 0 Å². The summed E-state index contributed by atoms with van der Waals surface area (Å²) in [6.45, 7) is 7.15. The first-order valence-corrected chi connectivity index (χ1v) is 12.6. The third kappa shape index (κ3) is 4.53. The molecule has 9 heteroatoms. The van der Waals surface area contributed by atoms with Crippen molar-refractivity contribution in [2.24, 2.45) is 0 Å². The molecule has 0 radical (unpaired) electrons. The van der Waals surface area contributed by atoms with E-state index >= 15 is 0 Å². The van der Waals surface area contributed by atoms with E-state index in [4.69, 9.17) is 4.98 Å². The van der Waals surface area contributed by atoms with E-state index in [1.165, 1.54) is 21.4 Å². The second-order valence-corrected chi connectivity index (χ2v) is 10.8. The normalized spacial score (nSPS) is 17.3. The number of nitriles is 1. The summed E-state index contributed by atoms with van der Waals surface area (Å²) in [4.78, 5) is 6.86. The molecule has 1 aliphatic heterocycles. The van der Waals surface area contributed by atoms with E-state index in [0.29, 0.717) is 26.1 Å². The Morgan fingerprint density at radius 2 is 1.84 bits per heavy atom. The Hall–Kier alpha value is -2.80. The molecule has 1 unspecified atom stereocenters. The van der Waals surface area contributed by atoms with Crippen LogP contribution in [0.2, 0.25) is 0 Å². The fourth-order valence-electron chi connectivity index (χ4n) is 3.87. The lowest BCUT2D eigenvalue weighted by Crippen LogP contribution is -2.54. The van der Waals surface area contributed by atoms with E-state index in [1.54, 1.807) is 18.2 Å². The van der Waals surface area contributed by atoms with Crippen LogP contribution < -0.4 is 4.90 Å². The lowest BCUT2D eigenvalue weighted by Gasteiger charge is -2.38. The van der Waals surface area contributed by atoms with Crippen LogP contribution in [0.5, 0.6) is 0 Å². The van der Waals surface area contributed by atoms with Gasteiger partial charge in [0.25, 0.3) is 0 Å². The summed E-state index contributed by atoms with van der Waals surface area (Å²) < 4.78 is 32.7. The largest absolute Gasteiger partial charge is 0.344 e. The Kier molecular flexibility index (Phi) is 6.29. The number of aromatic nitrogens is 2. The number of nitrogens with zero attached hydrogens (tertiary/aromatic N) is 5. The SMILES string of the molecule is Cc1ccc(Cc2nsc(N3CCN(S(=O)(=O)c4cc(C)ccc4C#N)C(C)C3)n2)cc1. The minimum atomic E-state index is -3.77. The molecule has 7 nitrogen and oxygen atoms in total. The fourth-order valence-corrected chi connectivity index (χ4v) is 6.43. The second kappa shape index (κ2) is 8.98. The van der Waals surface area contributed by atoms with E-state index in [1.807, 2.05) is 19.9 Å². The molecule has 0 amide bonds. The molecule has 0 spiro atoms. The highest BCUT2D eigenvalue weighted by Gasteiger charge is 2.36. The Balaban J connectivity index is 1.48. The van der Waals surface area contributed by atoms with Crippen LogP contribution in [0.25, 0.3) is 0 Å². The molecule has 4 rings (SSSR count). The average molecular weight is 468 g/mol. The summed E-state index contributed by atoms with van der Waals surface area (Å²) in [5, 5.41) is 10.2. The van der Waals surface area contributed by atoms with Gasteiger partial charge < -0.3 is 4.90 Å². The van der Waals surface area contributed by atoms with Crippen molar-refractivity contribution in [3.05, 3.63) is 70.5 Å². The minimum absolute atomic E-state index is 0.0802. The second-order valence-electron chi connectivity index (χ2n) is 8.18. The first-order valence-electron chi connectivity index (χ1n) is 10.4. The summed E-state index contributed by atoms with van der Waals surface area (Å²) >= 11 is 1.35. The molecule has 0 bridgehead atoms. The molecular formula is C23H25N5O2S2. The molecule has 1 fully saturated rings. The molecular weight excluding hydrogens is 442 g/mol. The monoisotopic (exact) mass is 467 g/mol. The van der Waals surface area contributed by atoms with Gasteiger partial charge in [0, 0.05) is 43.6 Å². The van der Waals surface area contributed by atoms with Gasteiger partial charge in [-0.3, -0.25) is 0 Å². The molecule has 2 aromatic carbocycles. The minimum Gasteiger partial charge on any atom is -0.344 e. The van der Waals surface area contributed by atoms with E-state index in [0.717, 1.165) is 22.1 Å². The highest BCUT2D eigenvalue weighted by Crippen LogP contribution is 2.28. The molecule has 32 heavy (non-hydrogen) atoms. The summed E-state index contributed by atoms with van der Waals surface area (Å²) in [5.74, 6) is 0.773. The molecule has 166 valence electrons. The number of rotatable bonds is 5. The van der Waals surface area contributed by atoms with Gasteiger partial charge in [-0.05, 0) is 44.0 Å². The van der Waals surface area contributed by atoms with Crippen molar-refractivity contribution in [1.82, 2.24) is 13.7 Å². The zero-order valence-electron chi connectivity index (χ0n) is 18.3. The van der Waals surface area contributed by atoms with E-state index in [2.05, 4.69) is 40.5 Å². The van der Waals surface area contributed by atoms with Crippen LogP contribution in [-0.4, -0.2) is 47.8 Å². The summed E-state index contributed by atoms with van der Waals surface area (Å²) in [6, 6.07) is 15.0. The topological polar surface area (TPSA) is 90.2 Å². The smallest absolute Gasteiger partial charge is 0.244 e. The molecule has 0 saturated carbocycles. The third-order valence-corrected chi connectivity index (χ3v) is 8.49. The summed E-state index contributed by atoms with van der Waals surface area (Å²) in [6.07, 6.45) is 0.672. The number of anilines is 1. The third-order valence-electron chi connectivity index (χ3n) is 5.62. The highest BCUT2D eigenvalue weighted by molar-refractivity contribution is 7.89. The van der Waals surface area contributed by atoms with E-state index in [-0.39, 0.29) is 16.5 Å². The van der Waals surface area contributed by atoms with Crippen LogP contribution >= 0.6 is 11.5 Å². The van der Waals surface area contributed by atoms with Gasteiger partial charge in [0.2, 0.25) is 15.2 Å². The van der Waals surface area contributed by atoms with Crippen molar-refractivity contribution >= 4 is 26.7 Å². The predicted octanol–water partition coefficient (Wildman–Crippen LogP) is 3.52. The Morgan fingerprint density at radius 3 is 2.53 bits per heavy atom. The quantitative estimate of drug-likeness (QED) is 0.570. The number of benzene rings is 2. The first-order chi connectivity index (χ1) is 15.3. The molecule has 0 N–H and O–H groups in total. The van der Waals surface area contributed by atoms with E-state index in [9.17, 15) is 13.7 Å². The van der Waals surface area contributed by atoms with Crippen LogP contribution in [0.1, 0.15) is 35.0 Å². The van der Waals surface area contributed by atoms with Crippen LogP contribution in [0.3, 0.4) is 0 Å². The maximum Gasteiger partial charge on any atom is 0.244 e. The zero-order valence-corrected chi connectivity index (χ0v) is 19.9. The van der Waals surface area contributed by atoms with Gasteiger partial charge in [0.05, 0.1) is 5.56 Å². The zero-order chi connectivity index (χ0) is 22.9. The van der Waals surface area contributed by atoms with Crippen LogP contribution in [0.15, 0.2) is 47.4 Å². The van der Waals surface area contributed by atoms with Gasteiger partial charge in [-0.25, -0.2) is 13.4 Å². The Labute approximate surface area is 193 Å². The maximum absolute atomic E-state index is 13.3. The van der Waals surface area contributed by atoms with E-state index < -0.39 is 10.0 Å². The lowest BCUT2D eigenvalue weighted by atomic mass is 10.1. The Bertz CT molecular complexity index is 1260. The average Bonchev–Trinajstić information content (AvgIpc) is 3.23. The van der Waals surface area contributed by atoms with Crippen molar-refractivity contribution in [2.75, 3.05) is 24.5 Å². The van der Waals surface area contributed by atoms with Crippen molar-refractivity contribution < 1.29 is 8.42 Å².